The number of aromatic nitrogens is 2. The highest BCUT2D eigenvalue weighted by molar-refractivity contribution is 5.92. The van der Waals surface area contributed by atoms with Gasteiger partial charge in [-0.2, -0.15) is 13.2 Å². The van der Waals surface area contributed by atoms with Crippen molar-refractivity contribution in [3.63, 3.8) is 0 Å². The van der Waals surface area contributed by atoms with Crippen molar-refractivity contribution >= 4 is 5.91 Å². The molecule has 1 fully saturated rings. The third kappa shape index (κ3) is 6.30. The van der Waals surface area contributed by atoms with E-state index in [1.165, 1.54) is 26.9 Å². The molecule has 3 rings (SSSR count). The van der Waals surface area contributed by atoms with Crippen LogP contribution < -0.4 is 10.1 Å². The predicted octanol–water partition coefficient (Wildman–Crippen LogP) is 5.74. The van der Waals surface area contributed by atoms with Gasteiger partial charge in [0.15, 0.2) is 0 Å². The summed E-state index contributed by atoms with van der Waals surface area (Å²) >= 11 is 0. The van der Waals surface area contributed by atoms with E-state index >= 15 is 0 Å². The highest BCUT2D eigenvalue weighted by Crippen LogP contribution is 2.32. The summed E-state index contributed by atoms with van der Waals surface area (Å²) in [6, 6.07) is 5.02. The summed E-state index contributed by atoms with van der Waals surface area (Å²) < 4.78 is 46.1. The highest BCUT2D eigenvalue weighted by Gasteiger charge is 2.35. The molecule has 1 atom stereocenters. The van der Waals surface area contributed by atoms with Gasteiger partial charge >= 0.3 is 6.18 Å². The fourth-order valence-corrected chi connectivity index (χ4v) is 4.36. The molecule has 8 heteroatoms. The lowest BCUT2D eigenvalue weighted by Crippen LogP contribution is -2.31. The zero-order valence-electron chi connectivity index (χ0n) is 19.8. The average Bonchev–Trinajstić information content (AvgIpc) is 3.22. The van der Waals surface area contributed by atoms with E-state index in [0.29, 0.717) is 47.4 Å². The van der Waals surface area contributed by atoms with E-state index in [1.54, 1.807) is 29.0 Å². The second-order valence-corrected chi connectivity index (χ2v) is 9.25. The fourth-order valence-electron chi connectivity index (χ4n) is 4.36. The number of carbonyl (C=O) groups excluding carboxylic acids is 1. The van der Waals surface area contributed by atoms with Gasteiger partial charge in [-0.15, -0.1) is 0 Å². The Morgan fingerprint density at radius 1 is 1.27 bits per heavy atom. The Kier molecular flexibility index (Phi) is 8.08. The first-order valence-corrected chi connectivity index (χ1v) is 11.7. The molecular formula is C25H34F3N3O2. The molecule has 0 bridgehead atoms. The predicted molar refractivity (Wildman–Crippen MR) is 122 cm³/mol. The number of rotatable bonds is 8. The number of benzene rings is 1. The first-order chi connectivity index (χ1) is 15.6. The molecule has 33 heavy (non-hydrogen) atoms. The number of hydrogen-bond donors (Lipinski definition) is 1. The molecule has 1 aliphatic rings. The van der Waals surface area contributed by atoms with Gasteiger partial charge in [-0.1, -0.05) is 39.7 Å². The Morgan fingerprint density at radius 3 is 2.58 bits per heavy atom. The van der Waals surface area contributed by atoms with Gasteiger partial charge in [0.2, 0.25) is 0 Å². The minimum atomic E-state index is -4.25. The maximum atomic E-state index is 13.0. The fraction of sp³-hybridized carbons (Fsp3) is 0.600. The molecule has 0 unspecified atom stereocenters. The average molecular weight is 466 g/mol. The van der Waals surface area contributed by atoms with Crippen molar-refractivity contribution < 1.29 is 22.7 Å². The summed E-state index contributed by atoms with van der Waals surface area (Å²) in [4.78, 5) is 17.3. The van der Waals surface area contributed by atoms with Gasteiger partial charge in [0.1, 0.15) is 17.3 Å². The second-order valence-electron chi connectivity index (χ2n) is 9.25. The van der Waals surface area contributed by atoms with Gasteiger partial charge in [0.05, 0.1) is 18.7 Å². The molecule has 1 aromatic heterocycles. The molecule has 1 amide bonds. The SMILES string of the molecule is CCc1nc(C(=O)NCC2CCC(C)CC2)cn1-c1ccc(C[C@@H](C)C(F)(F)F)cc1OC. The first kappa shape index (κ1) is 25.1. The summed E-state index contributed by atoms with van der Waals surface area (Å²) in [6.45, 7) is 6.03. The first-order valence-electron chi connectivity index (χ1n) is 11.7. The minimum Gasteiger partial charge on any atom is -0.495 e. The molecule has 0 radical (unpaired) electrons. The van der Waals surface area contributed by atoms with E-state index in [4.69, 9.17) is 4.74 Å². The van der Waals surface area contributed by atoms with Crippen molar-refractivity contribution in [2.24, 2.45) is 17.8 Å². The van der Waals surface area contributed by atoms with Crippen molar-refractivity contribution in [1.82, 2.24) is 14.9 Å². The van der Waals surface area contributed by atoms with Crippen molar-refractivity contribution in [1.29, 1.82) is 0 Å². The standard InChI is InChI=1S/C25H34F3N3O2/c1-5-23-30-20(24(32)29-14-18-8-6-16(2)7-9-18)15-31(23)21-11-10-19(13-22(21)33-4)12-17(3)25(26,27)28/h10-11,13,15-18H,5-9,12,14H2,1-4H3,(H,29,32)/t16?,17-,18?/m1/s1. The second kappa shape index (κ2) is 10.6. The van der Waals surface area contributed by atoms with Crippen molar-refractivity contribution in [2.45, 2.75) is 65.5 Å². The Balaban J connectivity index is 1.76. The Hall–Kier alpha value is -2.51. The minimum absolute atomic E-state index is 0.127. The van der Waals surface area contributed by atoms with E-state index in [-0.39, 0.29) is 12.3 Å². The number of halogens is 3. The summed E-state index contributed by atoms with van der Waals surface area (Å²) in [5.41, 5.74) is 1.51. The molecule has 1 aromatic carbocycles. The molecule has 0 saturated heterocycles. The Bertz CT molecular complexity index is 947. The molecule has 1 saturated carbocycles. The van der Waals surface area contributed by atoms with Crippen LogP contribution in [-0.2, 0) is 12.8 Å². The molecule has 1 N–H and O–H groups in total. The summed E-state index contributed by atoms with van der Waals surface area (Å²) in [5, 5.41) is 3.02. The smallest absolute Gasteiger partial charge is 0.391 e. The number of hydrogen-bond acceptors (Lipinski definition) is 3. The monoisotopic (exact) mass is 465 g/mol. The van der Waals surface area contributed by atoms with Gasteiger partial charge < -0.3 is 10.1 Å². The van der Waals surface area contributed by atoms with Crippen LogP contribution in [0.15, 0.2) is 24.4 Å². The lowest BCUT2D eigenvalue weighted by atomic mass is 9.83. The van der Waals surface area contributed by atoms with Crippen LogP contribution in [-0.4, -0.2) is 35.3 Å². The maximum absolute atomic E-state index is 13.0. The topological polar surface area (TPSA) is 56.2 Å². The zero-order valence-corrected chi connectivity index (χ0v) is 19.8. The lowest BCUT2D eigenvalue weighted by Gasteiger charge is -2.26. The number of ether oxygens (including phenoxy) is 1. The maximum Gasteiger partial charge on any atom is 0.391 e. The number of nitrogens with zero attached hydrogens (tertiary/aromatic N) is 2. The largest absolute Gasteiger partial charge is 0.495 e. The van der Waals surface area contributed by atoms with Crippen LogP contribution in [0.4, 0.5) is 13.2 Å². The van der Waals surface area contributed by atoms with Crippen LogP contribution in [0, 0.1) is 17.8 Å². The van der Waals surface area contributed by atoms with E-state index in [0.717, 1.165) is 18.8 Å². The van der Waals surface area contributed by atoms with Crippen molar-refractivity contribution in [2.75, 3.05) is 13.7 Å². The molecule has 0 spiro atoms. The van der Waals surface area contributed by atoms with Crippen LogP contribution in [0.5, 0.6) is 5.75 Å². The number of carbonyl (C=O) groups is 1. The molecule has 2 aromatic rings. The number of alkyl halides is 3. The van der Waals surface area contributed by atoms with Gasteiger partial charge in [-0.05, 0) is 48.8 Å². The van der Waals surface area contributed by atoms with E-state index in [9.17, 15) is 18.0 Å². The molecule has 182 valence electrons. The van der Waals surface area contributed by atoms with Crippen LogP contribution in [0.2, 0.25) is 0 Å². The number of nitrogens with one attached hydrogen (secondary N) is 1. The van der Waals surface area contributed by atoms with Crippen molar-refractivity contribution in [3.8, 4) is 11.4 Å². The normalized spacial score (nSPS) is 19.8. The zero-order chi connectivity index (χ0) is 24.2. The van der Waals surface area contributed by atoms with Crippen molar-refractivity contribution in [3.05, 3.63) is 41.5 Å². The summed E-state index contributed by atoms with van der Waals surface area (Å²) in [7, 11) is 1.48. The van der Waals surface area contributed by atoms with E-state index in [1.807, 2.05) is 6.92 Å². The van der Waals surface area contributed by atoms with Crippen LogP contribution in [0.25, 0.3) is 5.69 Å². The number of aryl methyl sites for hydroxylation is 1. The van der Waals surface area contributed by atoms with Crippen LogP contribution in [0.3, 0.4) is 0 Å². The van der Waals surface area contributed by atoms with E-state index < -0.39 is 12.1 Å². The van der Waals surface area contributed by atoms with Crippen LogP contribution in [0.1, 0.15) is 68.3 Å². The Morgan fingerprint density at radius 2 is 1.97 bits per heavy atom. The van der Waals surface area contributed by atoms with Gasteiger partial charge in [-0.3, -0.25) is 9.36 Å². The van der Waals surface area contributed by atoms with E-state index in [2.05, 4.69) is 17.2 Å². The molecule has 0 aliphatic heterocycles. The quantitative estimate of drug-likeness (QED) is 0.541. The third-order valence-electron chi connectivity index (χ3n) is 6.62. The molecule has 5 nitrogen and oxygen atoms in total. The van der Waals surface area contributed by atoms with Gasteiger partial charge in [0, 0.05) is 19.2 Å². The molecule has 1 aliphatic carbocycles. The lowest BCUT2D eigenvalue weighted by molar-refractivity contribution is -0.169. The number of methoxy groups -OCH3 is 1. The number of amides is 1. The number of imidazole rings is 1. The summed E-state index contributed by atoms with van der Waals surface area (Å²) in [5.74, 6) is 0.730. The Labute approximate surface area is 193 Å². The molecule has 1 heterocycles. The highest BCUT2D eigenvalue weighted by atomic mass is 19.4. The van der Waals surface area contributed by atoms with Gasteiger partial charge in [0.25, 0.3) is 5.91 Å². The van der Waals surface area contributed by atoms with Crippen LogP contribution >= 0.6 is 0 Å². The third-order valence-corrected chi connectivity index (χ3v) is 6.62. The van der Waals surface area contributed by atoms with Gasteiger partial charge in [-0.25, -0.2) is 4.98 Å². The summed E-state index contributed by atoms with van der Waals surface area (Å²) in [6.07, 6.45) is 2.55. The molecular weight excluding hydrogens is 431 g/mol.